The largest absolute Gasteiger partial charge is 0.329 e. The molecule has 0 saturated carbocycles. The van der Waals surface area contributed by atoms with Crippen molar-refractivity contribution in [3.63, 3.8) is 0 Å². The minimum atomic E-state index is 0.599. The zero-order valence-electron chi connectivity index (χ0n) is 10.0. The van der Waals surface area contributed by atoms with Gasteiger partial charge in [-0.1, -0.05) is 36.9 Å². The maximum atomic E-state index is 6.03. The summed E-state index contributed by atoms with van der Waals surface area (Å²) >= 11 is 7.77. The van der Waals surface area contributed by atoms with E-state index in [2.05, 4.69) is 34.8 Å². The van der Waals surface area contributed by atoms with Crippen LogP contribution in [-0.4, -0.2) is 16.0 Å². The van der Waals surface area contributed by atoms with Gasteiger partial charge >= 0.3 is 0 Å². The Labute approximate surface area is 110 Å². The van der Waals surface area contributed by atoms with E-state index in [4.69, 9.17) is 11.6 Å². The Hall–Kier alpha value is -0.870. The zero-order chi connectivity index (χ0) is 12.3. The number of anilines is 1. The molecule has 0 saturated heterocycles. The molecule has 0 aliphatic carbocycles. The van der Waals surface area contributed by atoms with Gasteiger partial charge in [0.15, 0.2) is 0 Å². The van der Waals surface area contributed by atoms with Gasteiger partial charge in [-0.05, 0) is 31.0 Å². The van der Waals surface area contributed by atoms with E-state index < -0.39 is 0 Å². The van der Waals surface area contributed by atoms with Gasteiger partial charge in [-0.25, -0.2) is 0 Å². The van der Waals surface area contributed by atoms with E-state index in [1.54, 1.807) is 11.9 Å². The van der Waals surface area contributed by atoms with Crippen LogP contribution in [0.5, 0.6) is 0 Å². The number of aromatic nitrogens is 2. The highest BCUT2D eigenvalue weighted by atomic mass is 35.5. The first-order valence-corrected chi connectivity index (χ1v) is 7.10. The van der Waals surface area contributed by atoms with Crippen LogP contribution in [0, 0.1) is 6.92 Å². The van der Waals surface area contributed by atoms with E-state index in [9.17, 15) is 0 Å². The first kappa shape index (κ1) is 12.6. The van der Waals surface area contributed by atoms with Gasteiger partial charge in [-0.3, -0.25) is 5.10 Å². The molecule has 0 radical (unpaired) electrons. The molecule has 2 aromatic rings. The lowest BCUT2D eigenvalue weighted by Crippen LogP contribution is -1.92. The van der Waals surface area contributed by atoms with Crippen LogP contribution in [0.15, 0.2) is 12.1 Å². The van der Waals surface area contributed by atoms with Crippen LogP contribution in [-0.2, 0) is 0 Å². The Morgan fingerprint density at radius 2 is 2.29 bits per heavy atom. The topological polar surface area (TPSA) is 40.7 Å². The summed E-state index contributed by atoms with van der Waals surface area (Å²) in [5.41, 5.74) is 3.21. The van der Waals surface area contributed by atoms with Gasteiger partial charge in [0, 0.05) is 16.8 Å². The molecule has 0 aliphatic rings. The molecule has 0 aliphatic heterocycles. The fraction of sp³-hybridized carbons (Fsp3) is 0.417. The zero-order valence-corrected chi connectivity index (χ0v) is 11.6. The highest BCUT2D eigenvalue weighted by Gasteiger charge is 2.07. The third-order valence-corrected chi connectivity index (χ3v) is 3.78. The second kappa shape index (κ2) is 5.65. The van der Waals surface area contributed by atoms with Crippen molar-refractivity contribution in [3.8, 4) is 0 Å². The summed E-state index contributed by atoms with van der Waals surface area (Å²) in [6, 6.07) is 4.09. The van der Waals surface area contributed by atoms with Gasteiger partial charge in [0.25, 0.3) is 0 Å². The van der Waals surface area contributed by atoms with Gasteiger partial charge in [-0.2, -0.15) is 5.10 Å². The van der Waals surface area contributed by atoms with Crippen molar-refractivity contribution in [3.05, 3.63) is 22.8 Å². The quantitative estimate of drug-likeness (QED) is 0.625. The third-order valence-electron chi connectivity index (χ3n) is 2.64. The van der Waals surface area contributed by atoms with Crippen molar-refractivity contribution in [2.75, 3.05) is 10.5 Å². The van der Waals surface area contributed by atoms with Crippen molar-refractivity contribution in [2.45, 2.75) is 26.7 Å². The summed E-state index contributed by atoms with van der Waals surface area (Å²) in [6.07, 6.45) is 2.45. The summed E-state index contributed by atoms with van der Waals surface area (Å²) in [7, 11) is 0. The average Bonchev–Trinajstić information content (AvgIpc) is 2.66. The van der Waals surface area contributed by atoms with Crippen LogP contribution in [0.2, 0.25) is 5.15 Å². The molecule has 0 amide bonds. The Morgan fingerprint density at radius 1 is 1.47 bits per heavy atom. The predicted molar refractivity (Wildman–Crippen MR) is 76.8 cm³/mol. The summed E-state index contributed by atoms with van der Waals surface area (Å²) < 4.78 is 3.37. The van der Waals surface area contributed by atoms with Gasteiger partial charge in [0.2, 0.25) is 0 Å². The highest BCUT2D eigenvalue weighted by Crippen LogP contribution is 2.28. The molecule has 0 spiro atoms. The number of fused-ring (bicyclic) bond motifs is 1. The van der Waals surface area contributed by atoms with Gasteiger partial charge in [0.05, 0.1) is 5.52 Å². The van der Waals surface area contributed by atoms with Crippen LogP contribution in [0.3, 0.4) is 0 Å². The van der Waals surface area contributed by atoms with Crippen molar-refractivity contribution < 1.29 is 0 Å². The molecule has 3 nitrogen and oxygen atoms in total. The molecule has 5 heteroatoms. The predicted octanol–water partition coefficient (Wildman–Crippen LogP) is 4.38. The standard InChI is InChI=1S/C12H16ClN3S/c1-3-4-5-17-16-10-7-9-11(6-8(10)2)14-15-12(9)13/h6-7,16H,3-5H2,1-2H3,(H,14,15). The molecule has 0 atom stereocenters. The van der Waals surface area contributed by atoms with Crippen molar-refractivity contribution >= 4 is 40.1 Å². The molecule has 0 unspecified atom stereocenters. The number of unbranched alkanes of at least 4 members (excludes halogenated alkanes) is 1. The van der Waals surface area contributed by atoms with E-state index in [-0.39, 0.29) is 0 Å². The summed E-state index contributed by atoms with van der Waals surface area (Å²) in [6.45, 7) is 4.27. The number of rotatable bonds is 5. The lowest BCUT2D eigenvalue weighted by Gasteiger charge is -2.08. The normalized spacial score (nSPS) is 11.0. The molecule has 17 heavy (non-hydrogen) atoms. The van der Waals surface area contributed by atoms with E-state index in [0.29, 0.717) is 5.15 Å². The summed E-state index contributed by atoms with van der Waals surface area (Å²) in [4.78, 5) is 0. The number of nitrogens with zero attached hydrogens (tertiary/aromatic N) is 1. The van der Waals surface area contributed by atoms with Crippen molar-refractivity contribution in [2.24, 2.45) is 0 Å². The molecule has 92 valence electrons. The lowest BCUT2D eigenvalue weighted by atomic mass is 10.1. The highest BCUT2D eigenvalue weighted by molar-refractivity contribution is 8.00. The fourth-order valence-electron chi connectivity index (χ4n) is 1.59. The number of aromatic amines is 1. The van der Waals surface area contributed by atoms with E-state index in [1.807, 2.05) is 6.07 Å². The first-order chi connectivity index (χ1) is 8.22. The van der Waals surface area contributed by atoms with E-state index in [0.717, 1.165) is 22.3 Å². The molecule has 1 aromatic carbocycles. The molecular formula is C12H16ClN3S. The maximum Gasteiger partial charge on any atom is 0.132 e. The minimum absolute atomic E-state index is 0.599. The third kappa shape index (κ3) is 2.87. The van der Waals surface area contributed by atoms with Crippen LogP contribution in [0.1, 0.15) is 25.3 Å². The van der Waals surface area contributed by atoms with E-state index in [1.165, 1.54) is 18.4 Å². The molecule has 1 aromatic heterocycles. The average molecular weight is 270 g/mol. The minimum Gasteiger partial charge on any atom is -0.329 e. The van der Waals surface area contributed by atoms with Gasteiger partial charge in [-0.15, -0.1) is 0 Å². The van der Waals surface area contributed by atoms with Crippen molar-refractivity contribution in [1.82, 2.24) is 10.2 Å². The number of nitrogens with one attached hydrogen (secondary N) is 2. The van der Waals surface area contributed by atoms with Gasteiger partial charge in [0.1, 0.15) is 5.15 Å². The number of benzene rings is 1. The van der Waals surface area contributed by atoms with Crippen molar-refractivity contribution in [1.29, 1.82) is 0 Å². The maximum absolute atomic E-state index is 6.03. The Balaban J connectivity index is 2.15. The Kier molecular flexibility index (Phi) is 4.18. The second-order valence-corrected chi connectivity index (χ2v) is 5.30. The molecule has 0 bridgehead atoms. The number of halogens is 1. The number of hydrogen-bond donors (Lipinski definition) is 2. The summed E-state index contributed by atoms with van der Waals surface area (Å²) in [5, 5.41) is 8.49. The first-order valence-electron chi connectivity index (χ1n) is 5.74. The number of hydrogen-bond acceptors (Lipinski definition) is 3. The van der Waals surface area contributed by atoms with Crippen LogP contribution in [0.4, 0.5) is 5.69 Å². The Bertz CT molecular complexity index is 510. The molecule has 1 heterocycles. The van der Waals surface area contributed by atoms with Crippen LogP contribution in [0.25, 0.3) is 10.9 Å². The second-order valence-electron chi connectivity index (χ2n) is 4.03. The SMILES string of the molecule is CCCCSNc1cc2c(Cl)[nH]nc2cc1C. The Morgan fingerprint density at radius 3 is 3.06 bits per heavy atom. The van der Waals surface area contributed by atoms with E-state index >= 15 is 0 Å². The smallest absolute Gasteiger partial charge is 0.132 e. The molecule has 2 N–H and O–H groups in total. The monoisotopic (exact) mass is 269 g/mol. The number of H-pyrrole nitrogens is 1. The fourth-order valence-corrected chi connectivity index (χ4v) is 2.69. The molecule has 0 fully saturated rings. The van der Waals surface area contributed by atoms with Crippen LogP contribution >= 0.6 is 23.5 Å². The molecule has 2 rings (SSSR count). The van der Waals surface area contributed by atoms with Gasteiger partial charge < -0.3 is 4.72 Å². The summed E-state index contributed by atoms with van der Waals surface area (Å²) in [5.74, 6) is 1.12. The lowest BCUT2D eigenvalue weighted by molar-refractivity contribution is 0.897. The number of aryl methyl sites for hydroxylation is 1. The van der Waals surface area contributed by atoms with Crippen LogP contribution < -0.4 is 4.72 Å². The molecular weight excluding hydrogens is 254 g/mol.